The highest BCUT2D eigenvalue weighted by molar-refractivity contribution is 6.32. The largest absolute Gasteiger partial charge is 0.508 e. The molecule has 15 N–H and O–H groups in total. The number of carbonyl (C=O) groups excluding carboxylic acids is 8. The molecule has 0 radical (unpaired) electrons. The van der Waals surface area contributed by atoms with E-state index in [0.29, 0.717) is 12.8 Å². The van der Waals surface area contributed by atoms with Crippen LogP contribution in [0, 0.1) is 0 Å². The second-order valence-corrected chi connectivity index (χ2v) is 30.1. The van der Waals surface area contributed by atoms with E-state index in [4.69, 9.17) is 46.9 Å². The van der Waals surface area contributed by atoms with Gasteiger partial charge in [-0.2, -0.15) is 0 Å². The predicted octanol–water partition coefficient (Wildman–Crippen LogP) is 11.4. The molecule has 8 atom stereocenters. The zero-order chi connectivity index (χ0) is 80.2. The molecule has 0 fully saturated rings. The van der Waals surface area contributed by atoms with E-state index >= 15 is 24.0 Å². The Balaban J connectivity index is 1.10. The number of alkyl carbamates (subject to hydrolysis) is 1. The third-order valence-electron chi connectivity index (χ3n) is 18.6. The minimum Gasteiger partial charge on any atom is -0.508 e. The number of hydrogen-bond acceptors (Lipinski definition) is 21. The fraction of sp³-hybridized carbons (Fsp3) is 0.354. The minimum atomic E-state index is -2.33. The molecule has 586 valence electrons. The molecule has 13 rings (SSSR count). The van der Waals surface area contributed by atoms with Crippen LogP contribution in [0.15, 0.2) is 109 Å². The van der Waals surface area contributed by atoms with Gasteiger partial charge in [-0.1, -0.05) is 99.3 Å². The molecule has 32 heteroatoms. The molecule has 0 aromatic heterocycles. The van der Waals surface area contributed by atoms with Gasteiger partial charge in [-0.25, -0.2) is 14.4 Å². The summed E-state index contributed by atoms with van der Waals surface area (Å²) in [4.78, 5) is 136. The van der Waals surface area contributed by atoms with E-state index in [1.165, 1.54) is 53.4 Å². The van der Waals surface area contributed by atoms with Crippen LogP contribution < -0.4 is 51.4 Å². The first-order chi connectivity index (χ1) is 52.5. The quantitative estimate of drug-likeness (QED) is 0.0477. The van der Waals surface area contributed by atoms with Crippen molar-refractivity contribution in [3.8, 4) is 80.1 Å². The van der Waals surface area contributed by atoms with Gasteiger partial charge in [-0.05, 0) is 160 Å². The number of phenolic OH excluding ortho intramolecular Hbond substituents is 6. The number of nitrogens with one attached hydrogen (secondary N) is 7. The maximum absolute atomic E-state index is 16.2. The molecule has 111 heavy (non-hydrogen) atoms. The predicted molar refractivity (Wildman–Crippen MR) is 399 cm³/mol. The molecule has 7 aromatic carbocycles. The highest BCUT2D eigenvalue weighted by Gasteiger charge is 2.43. The second kappa shape index (κ2) is 33.1. The third-order valence-corrected chi connectivity index (χ3v) is 19.2. The van der Waals surface area contributed by atoms with Crippen LogP contribution >= 0.6 is 23.2 Å². The number of rotatable bonds is 13. The molecule has 0 saturated heterocycles. The smallest absolute Gasteiger partial charge is 0.410 e. The highest BCUT2D eigenvalue weighted by atomic mass is 35.5. The molecule has 8 amide bonds. The molecule has 6 heterocycles. The Hall–Kier alpha value is -11.9. The van der Waals surface area contributed by atoms with Crippen molar-refractivity contribution in [1.29, 1.82) is 0 Å². The number of aromatic hydroxyl groups is 6. The van der Waals surface area contributed by atoms with E-state index < -0.39 is 194 Å². The first-order valence-corrected chi connectivity index (χ1v) is 36.5. The van der Waals surface area contributed by atoms with Crippen LogP contribution in [-0.4, -0.2) is 129 Å². The number of unbranched alkanes of at least 4 members (excludes halogenated alkanes) is 7. The number of carboxylic acids is 1. The number of hydrogen-bond donors (Lipinski definition) is 15. The lowest BCUT2D eigenvalue weighted by atomic mass is 9.88. The van der Waals surface area contributed by atoms with Crippen molar-refractivity contribution in [3.05, 3.63) is 164 Å². The number of amides is 8. The lowest BCUT2D eigenvalue weighted by Crippen LogP contribution is -2.55. The van der Waals surface area contributed by atoms with Crippen molar-refractivity contribution in [1.82, 2.24) is 42.1 Å². The maximum Gasteiger partial charge on any atom is 0.410 e. The van der Waals surface area contributed by atoms with Crippen molar-refractivity contribution in [3.63, 3.8) is 0 Å². The van der Waals surface area contributed by atoms with Gasteiger partial charge in [-0.15, -0.1) is 0 Å². The zero-order valence-electron chi connectivity index (χ0n) is 61.3. The molecule has 6 aliphatic rings. The molecule has 1 unspecified atom stereocenters. The summed E-state index contributed by atoms with van der Waals surface area (Å²) in [7, 11) is 0. The number of fused-ring (bicyclic) bond motifs is 14. The van der Waals surface area contributed by atoms with Crippen molar-refractivity contribution in [2.75, 3.05) is 6.54 Å². The lowest BCUT2D eigenvalue weighted by Gasteiger charge is -2.32. The number of nitrogens with zero attached hydrogens (tertiary/aromatic N) is 1. The number of aliphatic carboxylic acids is 1. The summed E-state index contributed by atoms with van der Waals surface area (Å²) in [5.41, 5.74) is -5.34. The van der Waals surface area contributed by atoms with Gasteiger partial charge < -0.3 is 107 Å². The minimum absolute atomic E-state index is 0.0203. The van der Waals surface area contributed by atoms with Crippen molar-refractivity contribution < 1.29 is 108 Å². The van der Waals surface area contributed by atoms with Crippen LogP contribution in [0.3, 0.4) is 0 Å². The molecular weight excluding hydrogens is 1480 g/mol. The van der Waals surface area contributed by atoms with Crippen LogP contribution in [0.5, 0.6) is 69.0 Å². The summed E-state index contributed by atoms with van der Waals surface area (Å²) in [5, 5.41) is 113. The summed E-state index contributed by atoms with van der Waals surface area (Å²) in [6.07, 6.45) is 2.45. The van der Waals surface area contributed by atoms with Crippen LogP contribution in [0.2, 0.25) is 10.0 Å². The first kappa shape index (κ1) is 80.1. The Bertz CT molecular complexity index is 4850. The lowest BCUT2D eigenvalue weighted by molar-refractivity contribution is -0.143. The number of aliphatic hydroxyl groups is 1. The SMILES string of the molecule is CCCCCCCCCCN(Cc1c(O)cc2c(c1O)-c1cc(ccc1O)[C@@H]1NC(=O)[C@H]3NC(=O)[C@H]4NC(=O)[C@H](Cc5ccc(c(Cl)c5)Oc5cc3cc(c5O)Oc3ccc(cc3Cl)C(O)[C@H](NC1=O)C(=O)N[C@@H]2C(=O)O)NC(=O)[C@H](NC(=O)OC(C)(C)C)c1ccc(O)c(c1)Oc1cc(O)cc4c1)C(=O)OC(C)(C)C. The van der Waals surface area contributed by atoms with Gasteiger partial charge in [0.1, 0.15) is 93.8 Å². The molecule has 0 aliphatic carbocycles. The first-order valence-electron chi connectivity index (χ1n) is 35.8. The third kappa shape index (κ3) is 18.7. The summed E-state index contributed by atoms with van der Waals surface area (Å²) >= 11 is 13.9. The van der Waals surface area contributed by atoms with Gasteiger partial charge in [0.25, 0.3) is 0 Å². The van der Waals surface area contributed by atoms with Crippen LogP contribution in [0.4, 0.5) is 9.59 Å². The standard InChI is InChI=1S/C79H84Cl2N8O22/c1-8-9-10-11-12-13-14-15-24-89(77(106)111-79(5,6)7)36-47-53(93)35-46-59(67(47)95)45-29-38(17-20-51(45)91)60-71(99)87-65(74(102)86-64(46)75(103)104)66(94)40-19-23-55(49(81)30-40)109-58-33-42-32-57(68(58)96)108-54-22-16-37(25-48(54)80)26-50-69(97)83-62(72(100)85-63(42)73(101)84-60)41-27-43(90)34-44(28-41)107-56-31-39(18-21-52(56)92)61(70(98)82-50)88-76(105)110-78(2,3)4/h16-23,25,27-35,50,60-66,90-96H,8-15,24,26,36H2,1-7H3,(H,82,98)(H,83,97)(H,84,101)(H,85,100)(H,86,102)(H,87,99)(H,88,105)(H,103,104)/t50-,60-,61+,62-,63-,64-,65-,66?/m0/s1. The van der Waals surface area contributed by atoms with E-state index in [1.807, 2.05) is 0 Å². The average molecular weight is 1570 g/mol. The van der Waals surface area contributed by atoms with Crippen LogP contribution in [0.25, 0.3) is 11.1 Å². The van der Waals surface area contributed by atoms with Gasteiger partial charge in [-0.3, -0.25) is 28.8 Å². The Morgan fingerprint density at radius 3 is 1.73 bits per heavy atom. The fourth-order valence-electron chi connectivity index (χ4n) is 13.2. The van der Waals surface area contributed by atoms with E-state index in [0.717, 1.165) is 99.2 Å². The summed E-state index contributed by atoms with van der Waals surface area (Å²) in [6, 6.07) is 5.89. The average Bonchev–Trinajstić information content (AvgIpc) is 0.752. The Kier molecular flexibility index (Phi) is 23.9. The molecule has 30 nitrogen and oxygen atoms in total. The van der Waals surface area contributed by atoms with Gasteiger partial charge in [0.2, 0.25) is 41.2 Å². The number of ether oxygens (including phenoxy) is 5. The van der Waals surface area contributed by atoms with Crippen LogP contribution in [0.1, 0.15) is 181 Å². The van der Waals surface area contributed by atoms with E-state index in [-0.39, 0.29) is 73.0 Å². The molecule has 7 aromatic rings. The number of aliphatic hydroxyl groups excluding tert-OH is 1. The number of phenols is 6. The highest BCUT2D eigenvalue weighted by Crippen LogP contribution is 2.50. The summed E-state index contributed by atoms with van der Waals surface area (Å²) in [6.45, 7) is 11.2. The number of benzene rings is 7. The topological polar surface area (TPSA) is 449 Å². The number of carbonyl (C=O) groups is 9. The molecule has 17 bridgehead atoms. The van der Waals surface area contributed by atoms with E-state index in [9.17, 15) is 60.0 Å². The Morgan fingerprint density at radius 2 is 1.10 bits per heavy atom. The number of halogens is 2. The van der Waals surface area contributed by atoms with Crippen LogP contribution in [-0.2, 0) is 56.0 Å². The van der Waals surface area contributed by atoms with E-state index in [2.05, 4.69) is 44.1 Å². The van der Waals surface area contributed by atoms with Crippen molar-refractivity contribution in [2.45, 2.75) is 172 Å². The van der Waals surface area contributed by atoms with Crippen molar-refractivity contribution in [2.24, 2.45) is 0 Å². The zero-order valence-corrected chi connectivity index (χ0v) is 62.8. The molecule has 0 saturated carbocycles. The van der Waals surface area contributed by atoms with Gasteiger partial charge in [0.05, 0.1) is 22.2 Å². The van der Waals surface area contributed by atoms with Gasteiger partial charge in [0.15, 0.2) is 29.0 Å². The molecule has 6 aliphatic heterocycles. The van der Waals surface area contributed by atoms with Gasteiger partial charge >= 0.3 is 18.2 Å². The summed E-state index contributed by atoms with van der Waals surface area (Å²) < 4.78 is 30.1. The maximum atomic E-state index is 16.2. The molecular formula is C79H84Cl2N8O22. The number of carboxylic acid groups (broad SMARTS) is 1. The monoisotopic (exact) mass is 1570 g/mol. The Morgan fingerprint density at radius 1 is 0.532 bits per heavy atom. The van der Waals surface area contributed by atoms with E-state index in [1.54, 1.807) is 41.5 Å². The molecule has 0 spiro atoms. The summed E-state index contributed by atoms with van der Waals surface area (Å²) in [5.74, 6) is -16.3. The second-order valence-electron chi connectivity index (χ2n) is 29.3. The normalized spacial score (nSPS) is 19.8. The van der Waals surface area contributed by atoms with Gasteiger partial charge in [0, 0.05) is 35.7 Å². The Labute approximate surface area is 646 Å². The van der Waals surface area contributed by atoms with Crippen molar-refractivity contribution >= 4 is 76.8 Å². The fourth-order valence-corrected chi connectivity index (χ4v) is 13.7.